The van der Waals surface area contributed by atoms with Crippen molar-refractivity contribution in [1.29, 1.82) is 0 Å². The van der Waals surface area contributed by atoms with E-state index in [0.29, 0.717) is 13.1 Å². The monoisotopic (exact) mass is 318 g/mol. The van der Waals surface area contributed by atoms with Crippen LogP contribution in [0.5, 0.6) is 5.75 Å². The molecule has 1 amide bonds. The highest BCUT2D eigenvalue weighted by atomic mass is 32.1. The zero-order valence-corrected chi connectivity index (χ0v) is 14.0. The Morgan fingerprint density at radius 3 is 2.77 bits per heavy atom. The molecule has 0 aliphatic heterocycles. The summed E-state index contributed by atoms with van der Waals surface area (Å²) in [5.41, 5.74) is 1.07. The van der Waals surface area contributed by atoms with Crippen LogP contribution in [0.25, 0.3) is 0 Å². The van der Waals surface area contributed by atoms with Gasteiger partial charge in [-0.25, -0.2) is 0 Å². The molecule has 1 heterocycles. The van der Waals surface area contributed by atoms with Gasteiger partial charge in [0, 0.05) is 17.0 Å². The van der Waals surface area contributed by atoms with Crippen molar-refractivity contribution in [3.8, 4) is 5.75 Å². The third kappa shape index (κ3) is 4.32. The summed E-state index contributed by atoms with van der Waals surface area (Å²) >= 11 is 1.65. The number of ether oxygens (including phenoxy) is 1. The van der Waals surface area contributed by atoms with Gasteiger partial charge in [-0.15, -0.1) is 11.3 Å². The number of nitrogens with zero attached hydrogens (tertiary/aromatic N) is 1. The SMILES string of the molecule is COc1ccccc1CN(C)C(C)C(=O)NCc1cccs1. The number of thiophene rings is 1. The number of carbonyl (C=O) groups excluding carboxylic acids is 1. The summed E-state index contributed by atoms with van der Waals surface area (Å²) in [6.07, 6.45) is 0. The fourth-order valence-corrected chi connectivity index (χ4v) is 2.82. The number of hydrogen-bond donors (Lipinski definition) is 1. The van der Waals surface area contributed by atoms with Gasteiger partial charge in [-0.3, -0.25) is 9.69 Å². The molecule has 0 aliphatic carbocycles. The molecule has 0 aliphatic rings. The van der Waals surface area contributed by atoms with E-state index in [1.807, 2.05) is 60.6 Å². The Kier molecular flexibility index (Phi) is 5.98. The van der Waals surface area contributed by atoms with Gasteiger partial charge in [0.2, 0.25) is 5.91 Å². The molecule has 0 radical (unpaired) electrons. The number of likely N-dealkylation sites (N-methyl/N-ethyl adjacent to an activating group) is 1. The normalized spacial score (nSPS) is 12.2. The van der Waals surface area contributed by atoms with Gasteiger partial charge < -0.3 is 10.1 Å². The minimum absolute atomic E-state index is 0.0331. The summed E-state index contributed by atoms with van der Waals surface area (Å²) in [6, 6.07) is 11.7. The van der Waals surface area contributed by atoms with Gasteiger partial charge in [-0.05, 0) is 31.5 Å². The van der Waals surface area contributed by atoms with Crippen molar-refractivity contribution in [2.24, 2.45) is 0 Å². The van der Waals surface area contributed by atoms with E-state index < -0.39 is 0 Å². The number of para-hydroxylation sites is 1. The third-order valence-corrected chi connectivity index (χ3v) is 4.55. The number of amides is 1. The molecular formula is C17H22N2O2S. The molecule has 1 atom stereocenters. The maximum absolute atomic E-state index is 12.2. The summed E-state index contributed by atoms with van der Waals surface area (Å²) in [5.74, 6) is 0.881. The molecule has 2 aromatic rings. The van der Waals surface area contributed by atoms with Gasteiger partial charge in [0.15, 0.2) is 0 Å². The summed E-state index contributed by atoms with van der Waals surface area (Å²) in [4.78, 5) is 15.4. The lowest BCUT2D eigenvalue weighted by Gasteiger charge is -2.24. The third-order valence-electron chi connectivity index (χ3n) is 3.67. The average Bonchev–Trinajstić information content (AvgIpc) is 3.05. The van der Waals surface area contributed by atoms with E-state index in [1.165, 1.54) is 0 Å². The molecule has 0 saturated carbocycles. The Morgan fingerprint density at radius 2 is 2.09 bits per heavy atom. The number of nitrogens with one attached hydrogen (secondary N) is 1. The topological polar surface area (TPSA) is 41.6 Å². The van der Waals surface area contributed by atoms with Crippen LogP contribution in [0.15, 0.2) is 41.8 Å². The first-order chi connectivity index (χ1) is 10.6. The number of hydrogen-bond acceptors (Lipinski definition) is 4. The molecule has 1 aromatic carbocycles. The van der Waals surface area contributed by atoms with Crippen molar-refractivity contribution < 1.29 is 9.53 Å². The zero-order chi connectivity index (χ0) is 15.9. The second-order valence-corrected chi connectivity index (χ2v) is 6.23. The summed E-state index contributed by atoms with van der Waals surface area (Å²) < 4.78 is 5.36. The fraction of sp³-hybridized carbons (Fsp3) is 0.353. The second kappa shape index (κ2) is 7.96. The van der Waals surface area contributed by atoms with Crippen molar-refractivity contribution in [3.05, 3.63) is 52.2 Å². The highest BCUT2D eigenvalue weighted by Crippen LogP contribution is 2.19. The van der Waals surface area contributed by atoms with E-state index in [2.05, 4.69) is 5.32 Å². The molecule has 1 unspecified atom stereocenters. The molecule has 2 rings (SSSR count). The van der Waals surface area contributed by atoms with Gasteiger partial charge >= 0.3 is 0 Å². The Hall–Kier alpha value is -1.85. The second-order valence-electron chi connectivity index (χ2n) is 5.20. The van der Waals surface area contributed by atoms with Crippen LogP contribution >= 0.6 is 11.3 Å². The highest BCUT2D eigenvalue weighted by molar-refractivity contribution is 7.09. The minimum atomic E-state index is -0.204. The summed E-state index contributed by atoms with van der Waals surface area (Å²) in [6.45, 7) is 3.17. The van der Waals surface area contributed by atoms with Crippen LogP contribution in [0.3, 0.4) is 0 Å². The molecule has 5 heteroatoms. The van der Waals surface area contributed by atoms with E-state index in [1.54, 1.807) is 18.4 Å². The first kappa shape index (κ1) is 16.5. The predicted octanol–water partition coefficient (Wildman–Crippen LogP) is 2.89. The van der Waals surface area contributed by atoms with Crippen molar-refractivity contribution >= 4 is 17.2 Å². The van der Waals surface area contributed by atoms with Crippen molar-refractivity contribution in [2.45, 2.75) is 26.1 Å². The maximum atomic E-state index is 12.2. The number of methoxy groups -OCH3 is 1. The summed E-state index contributed by atoms with van der Waals surface area (Å²) in [7, 11) is 3.61. The minimum Gasteiger partial charge on any atom is -0.496 e. The molecular weight excluding hydrogens is 296 g/mol. The Bertz CT molecular complexity index is 598. The number of carbonyl (C=O) groups is 1. The maximum Gasteiger partial charge on any atom is 0.237 e. The van der Waals surface area contributed by atoms with E-state index in [0.717, 1.165) is 16.2 Å². The lowest BCUT2D eigenvalue weighted by atomic mass is 10.1. The van der Waals surface area contributed by atoms with Gasteiger partial charge in [0.25, 0.3) is 0 Å². The first-order valence-electron chi connectivity index (χ1n) is 7.24. The van der Waals surface area contributed by atoms with E-state index in [9.17, 15) is 4.79 Å². The van der Waals surface area contributed by atoms with Gasteiger partial charge in [0.05, 0.1) is 19.7 Å². The van der Waals surface area contributed by atoms with Crippen molar-refractivity contribution in [2.75, 3.05) is 14.2 Å². The average molecular weight is 318 g/mol. The van der Waals surface area contributed by atoms with Crippen LogP contribution < -0.4 is 10.1 Å². The van der Waals surface area contributed by atoms with Crippen LogP contribution in [0.4, 0.5) is 0 Å². The number of rotatable bonds is 7. The molecule has 0 saturated heterocycles. The van der Waals surface area contributed by atoms with Gasteiger partial charge in [-0.2, -0.15) is 0 Å². The van der Waals surface area contributed by atoms with Crippen LogP contribution in [-0.2, 0) is 17.9 Å². The molecule has 0 fully saturated rings. The smallest absolute Gasteiger partial charge is 0.237 e. The van der Waals surface area contributed by atoms with Crippen molar-refractivity contribution in [1.82, 2.24) is 10.2 Å². The Labute approximate surface area is 135 Å². The Balaban J connectivity index is 1.90. The first-order valence-corrected chi connectivity index (χ1v) is 8.12. The molecule has 22 heavy (non-hydrogen) atoms. The summed E-state index contributed by atoms with van der Waals surface area (Å²) in [5, 5.41) is 4.99. The highest BCUT2D eigenvalue weighted by Gasteiger charge is 2.19. The molecule has 1 aromatic heterocycles. The van der Waals surface area contributed by atoms with Crippen LogP contribution in [0.2, 0.25) is 0 Å². The van der Waals surface area contributed by atoms with Gasteiger partial charge in [0.1, 0.15) is 5.75 Å². The number of benzene rings is 1. The van der Waals surface area contributed by atoms with E-state index >= 15 is 0 Å². The van der Waals surface area contributed by atoms with E-state index in [4.69, 9.17) is 4.74 Å². The molecule has 0 spiro atoms. The van der Waals surface area contributed by atoms with Crippen LogP contribution in [-0.4, -0.2) is 31.0 Å². The standard InChI is InChI=1S/C17H22N2O2S/c1-13(17(20)18-11-15-8-6-10-22-15)19(2)12-14-7-4-5-9-16(14)21-3/h4-10,13H,11-12H2,1-3H3,(H,18,20). The van der Waals surface area contributed by atoms with Crippen LogP contribution in [0, 0.1) is 0 Å². The molecule has 0 bridgehead atoms. The quantitative estimate of drug-likeness (QED) is 0.853. The fourth-order valence-electron chi connectivity index (χ4n) is 2.17. The Morgan fingerprint density at radius 1 is 1.32 bits per heavy atom. The lowest BCUT2D eigenvalue weighted by Crippen LogP contribution is -2.42. The lowest BCUT2D eigenvalue weighted by molar-refractivity contribution is -0.125. The zero-order valence-electron chi connectivity index (χ0n) is 13.2. The van der Waals surface area contributed by atoms with E-state index in [-0.39, 0.29) is 11.9 Å². The van der Waals surface area contributed by atoms with Crippen molar-refractivity contribution in [3.63, 3.8) is 0 Å². The van der Waals surface area contributed by atoms with Crippen LogP contribution in [0.1, 0.15) is 17.4 Å². The molecule has 4 nitrogen and oxygen atoms in total. The predicted molar refractivity (Wildman–Crippen MR) is 90.1 cm³/mol. The molecule has 118 valence electrons. The van der Waals surface area contributed by atoms with Gasteiger partial charge in [-0.1, -0.05) is 24.3 Å². The largest absolute Gasteiger partial charge is 0.496 e. The molecule has 1 N–H and O–H groups in total.